The Morgan fingerprint density at radius 2 is 2.29 bits per heavy atom. The summed E-state index contributed by atoms with van der Waals surface area (Å²) in [5.41, 5.74) is 1.31. The summed E-state index contributed by atoms with van der Waals surface area (Å²) in [5.74, 6) is 0.400. The molecule has 1 aromatic rings. The fraction of sp³-hybridized carbons (Fsp3) is 0.500. The lowest BCUT2D eigenvalue weighted by Crippen LogP contribution is -2.33. The van der Waals surface area contributed by atoms with Gasteiger partial charge in [-0.1, -0.05) is 6.92 Å². The van der Waals surface area contributed by atoms with E-state index in [2.05, 4.69) is 11.8 Å². The molecule has 0 saturated carbocycles. The third kappa shape index (κ3) is 3.28. The average molecular weight is 232 g/mol. The molecular weight excluding hydrogens is 215 g/mol. The van der Waals surface area contributed by atoms with E-state index in [0.29, 0.717) is 11.5 Å². The zero-order valence-corrected chi connectivity index (χ0v) is 10.1. The van der Waals surface area contributed by atoms with Crippen molar-refractivity contribution in [3.05, 3.63) is 35.1 Å². The van der Waals surface area contributed by atoms with E-state index in [0.717, 1.165) is 25.2 Å². The first-order valence-electron chi connectivity index (χ1n) is 6.09. The van der Waals surface area contributed by atoms with E-state index >= 15 is 0 Å². The molecule has 0 bridgehead atoms. The maximum atomic E-state index is 13.3. The molecule has 1 aliphatic rings. The minimum Gasteiger partial charge on any atom is -0.299 e. The van der Waals surface area contributed by atoms with Gasteiger partial charge in [-0.3, -0.25) is 4.90 Å². The van der Waals surface area contributed by atoms with Gasteiger partial charge in [0.25, 0.3) is 0 Å². The molecular formula is C14H17FN2. The minimum absolute atomic E-state index is 0.316. The van der Waals surface area contributed by atoms with Crippen molar-refractivity contribution in [2.24, 2.45) is 5.92 Å². The largest absolute Gasteiger partial charge is 0.299 e. The van der Waals surface area contributed by atoms with Gasteiger partial charge >= 0.3 is 0 Å². The van der Waals surface area contributed by atoms with Crippen LogP contribution in [0.25, 0.3) is 0 Å². The minimum atomic E-state index is -0.316. The number of hydrogen-bond donors (Lipinski definition) is 0. The van der Waals surface area contributed by atoms with Gasteiger partial charge in [0.15, 0.2) is 0 Å². The van der Waals surface area contributed by atoms with Crippen molar-refractivity contribution in [2.45, 2.75) is 26.3 Å². The molecule has 0 aromatic heterocycles. The van der Waals surface area contributed by atoms with Gasteiger partial charge < -0.3 is 0 Å². The van der Waals surface area contributed by atoms with Crippen molar-refractivity contribution in [3.63, 3.8) is 0 Å². The predicted octanol–water partition coefficient (Wildman–Crippen LogP) is 2.93. The van der Waals surface area contributed by atoms with Crippen molar-refractivity contribution in [3.8, 4) is 6.07 Å². The smallest absolute Gasteiger partial charge is 0.124 e. The molecule has 1 saturated heterocycles. The lowest BCUT2D eigenvalue weighted by molar-refractivity contribution is 0.176. The molecule has 1 atom stereocenters. The quantitative estimate of drug-likeness (QED) is 0.784. The van der Waals surface area contributed by atoms with Crippen molar-refractivity contribution >= 4 is 0 Å². The second-order valence-electron chi connectivity index (χ2n) is 4.94. The highest BCUT2D eigenvalue weighted by Crippen LogP contribution is 2.18. The zero-order chi connectivity index (χ0) is 12.3. The monoisotopic (exact) mass is 232 g/mol. The first kappa shape index (κ1) is 12.1. The van der Waals surface area contributed by atoms with Crippen LogP contribution in [0, 0.1) is 23.1 Å². The van der Waals surface area contributed by atoms with E-state index in [9.17, 15) is 4.39 Å². The lowest BCUT2D eigenvalue weighted by atomic mass is 9.99. The molecule has 1 aliphatic heterocycles. The number of hydrogen-bond acceptors (Lipinski definition) is 2. The lowest BCUT2D eigenvalue weighted by Gasteiger charge is -2.30. The maximum Gasteiger partial charge on any atom is 0.124 e. The van der Waals surface area contributed by atoms with E-state index in [1.807, 2.05) is 6.07 Å². The summed E-state index contributed by atoms with van der Waals surface area (Å²) in [6.45, 7) is 5.14. The molecule has 2 rings (SSSR count). The summed E-state index contributed by atoms with van der Waals surface area (Å²) in [5, 5.41) is 8.80. The number of likely N-dealkylation sites (tertiary alicyclic amines) is 1. The Kier molecular flexibility index (Phi) is 3.75. The van der Waals surface area contributed by atoms with Crippen LogP contribution in [0.2, 0.25) is 0 Å². The van der Waals surface area contributed by atoms with Crippen LogP contribution in [0.15, 0.2) is 18.2 Å². The van der Waals surface area contributed by atoms with E-state index < -0.39 is 0 Å². The number of nitrogens with zero attached hydrogens (tertiary/aromatic N) is 2. The number of piperidine rings is 1. The summed E-state index contributed by atoms with van der Waals surface area (Å²) in [7, 11) is 0. The normalized spacial score (nSPS) is 21.1. The van der Waals surface area contributed by atoms with Crippen molar-refractivity contribution in [1.82, 2.24) is 4.90 Å². The molecule has 0 amide bonds. The van der Waals surface area contributed by atoms with Crippen LogP contribution in [0.1, 0.15) is 30.9 Å². The Balaban J connectivity index is 2.07. The standard InChI is InChI=1S/C14H17FN2/c1-11-3-2-4-17(9-11)10-13-5-12(8-16)6-14(15)7-13/h5-7,11H,2-4,9-10H2,1H3. The van der Waals surface area contributed by atoms with Crippen LogP contribution in [-0.4, -0.2) is 18.0 Å². The molecule has 90 valence electrons. The molecule has 1 aromatic carbocycles. The molecule has 1 heterocycles. The van der Waals surface area contributed by atoms with Crippen molar-refractivity contribution in [2.75, 3.05) is 13.1 Å². The van der Waals surface area contributed by atoms with Gasteiger partial charge in [0, 0.05) is 13.1 Å². The zero-order valence-electron chi connectivity index (χ0n) is 10.1. The molecule has 2 nitrogen and oxygen atoms in total. The molecule has 0 radical (unpaired) electrons. The molecule has 0 aliphatic carbocycles. The summed E-state index contributed by atoms with van der Waals surface area (Å²) < 4.78 is 13.3. The Hall–Kier alpha value is -1.40. The van der Waals surface area contributed by atoms with Crippen LogP contribution in [0.3, 0.4) is 0 Å². The second-order valence-corrected chi connectivity index (χ2v) is 4.94. The summed E-state index contributed by atoms with van der Waals surface area (Å²) >= 11 is 0. The maximum absolute atomic E-state index is 13.3. The van der Waals surface area contributed by atoms with Crippen LogP contribution in [-0.2, 0) is 6.54 Å². The Morgan fingerprint density at radius 3 is 3.00 bits per heavy atom. The first-order valence-corrected chi connectivity index (χ1v) is 6.09. The molecule has 0 N–H and O–H groups in total. The summed E-state index contributed by atoms with van der Waals surface area (Å²) in [4.78, 5) is 2.34. The molecule has 0 spiro atoms. The number of benzene rings is 1. The second kappa shape index (κ2) is 5.29. The van der Waals surface area contributed by atoms with Gasteiger partial charge in [0.05, 0.1) is 11.6 Å². The fourth-order valence-corrected chi connectivity index (χ4v) is 2.49. The highest BCUT2D eigenvalue weighted by atomic mass is 19.1. The van der Waals surface area contributed by atoms with Crippen LogP contribution < -0.4 is 0 Å². The van der Waals surface area contributed by atoms with Gasteiger partial charge in [-0.25, -0.2) is 4.39 Å². The Morgan fingerprint density at radius 1 is 1.47 bits per heavy atom. The van der Waals surface area contributed by atoms with Crippen LogP contribution >= 0.6 is 0 Å². The average Bonchev–Trinajstić information content (AvgIpc) is 2.28. The summed E-state index contributed by atoms with van der Waals surface area (Å²) in [6, 6.07) is 6.58. The van der Waals surface area contributed by atoms with Crippen LogP contribution in [0.4, 0.5) is 4.39 Å². The third-order valence-corrected chi connectivity index (χ3v) is 3.23. The number of halogens is 1. The number of rotatable bonds is 2. The molecule has 1 unspecified atom stereocenters. The Labute approximate surface area is 102 Å². The molecule has 1 fully saturated rings. The highest BCUT2D eigenvalue weighted by Gasteiger charge is 2.16. The predicted molar refractivity (Wildman–Crippen MR) is 64.8 cm³/mol. The highest BCUT2D eigenvalue weighted by molar-refractivity contribution is 5.33. The van der Waals surface area contributed by atoms with Gasteiger partial charge in [-0.05, 0) is 49.1 Å². The van der Waals surface area contributed by atoms with Gasteiger partial charge in [-0.2, -0.15) is 5.26 Å². The van der Waals surface area contributed by atoms with Crippen LogP contribution in [0.5, 0.6) is 0 Å². The molecule has 17 heavy (non-hydrogen) atoms. The Bertz CT molecular complexity index is 436. The van der Waals surface area contributed by atoms with E-state index in [-0.39, 0.29) is 5.82 Å². The first-order chi connectivity index (χ1) is 8.17. The van der Waals surface area contributed by atoms with Gasteiger partial charge in [0.2, 0.25) is 0 Å². The SMILES string of the molecule is CC1CCCN(Cc2cc(F)cc(C#N)c2)C1. The molecule has 3 heteroatoms. The number of nitriles is 1. The third-order valence-electron chi connectivity index (χ3n) is 3.23. The van der Waals surface area contributed by atoms with Crippen molar-refractivity contribution < 1.29 is 4.39 Å². The fourth-order valence-electron chi connectivity index (χ4n) is 2.49. The van der Waals surface area contributed by atoms with E-state index in [4.69, 9.17) is 5.26 Å². The van der Waals surface area contributed by atoms with Gasteiger partial charge in [0.1, 0.15) is 5.82 Å². The topological polar surface area (TPSA) is 27.0 Å². The van der Waals surface area contributed by atoms with Crippen molar-refractivity contribution in [1.29, 1.82) is 5.26 Å². The van der Waals surface area contributed by atoms with E-state index in [1.165, 1.54) is 25.0 Å². The summed E-state index contributed by atoms with van der Waals surface area (Å²) in [6.07, 6.45) is 2.49. The van der Waals surface area contributed by atoms with Gasteiger partial charge in [-0.15, -0.1) is 0 Å². The van der Waals surface area contributed by atoms with E-state index in [1.54, 1.807) is 6.07 Å².